The molecule has 0 N–H and O–H groups in total. The third-order valence-electron chi connectivity index (χ3n) is 2.72. The van der Waals surface area contributed by atoms with Gasteiger partial charge in [-0.15, -0.1) is 0 Å². The third-order valence-corrected chi connectivity index (χ3v) is 3.18. The van der Waals surface area contributed by atoms with Gasteiger partial charge in [0.05, 0.1) is 6.10 Å². The predicted molar refractivity (Wildman–Crippen MR) is 64.3 cm³/mol. The number of halogens is 1. The average molecular weight is 253 g/mol. The van der Waals surface area contributed by atoms with Gasteiger partial charge in [-0.25, -0.2) is 4.79 Å². The number of Topliss-reactive ketones (excluding diaryl/α,β-unsaturated/α-hetero) is 1. The fraction of sp³-hybridized carbons (Fsp3) is 0.385. The lowest BCUT2D eigenvalue weighted by atomic mass is 10.0. The lowest BCUT2D eigenvalue weighted by molar-refractivity contribution is -0.149. The summed E-state index contributed by atoms with van der Waals surface area (Å²) >= 11 is 6.16. The van der Waals surface area contributed by atoms with E-state index in [2.05, 4.69) is 0 Å². The summed E-state index contributed by atoms with van der Waals surface area (Å²) in [5.41, 5.74) is 1.32. The number of rotatable bonds is 2. The normalized spacial score (nSPS) is 22.7. The minimum absolute atomic E-state index is 0.203. The molecule has 1 aromatic rings. The SMILES string of the molecule is CC(C)OC(=O)C1(Cl)Cc2ccccc2C1=O. The molecule has 0 spiro atoms. The fourth-order valence-corrected chi connectivity index (χ4v) is 2.21. The van der Waals surface area contributed by atoms with Gasteiger partial charge in [-0.2, -0.15) is 0 Å². The zero-order valence-corrected chi connectivity index (χ0v) is 10.5. The molecular formula is C13H13ClO3. The van der Waals surface area contributed by atoms with Crippen LogP contribution in [-0.2, 0) is 16.0 Å². The first-order valence-electron chi connectivity index (χ1n) is 5.48. The molecule has 0 amide bonds. The highest BCUT2D eigenvalue weighted by atomic mass is 35.5. The standard InChI is InChI=1S/C13H13ClO3/c1-8(2)17-12(16)13(14)7-9-5-3-4-6-10(9)11(13)15/h3-6,8H,7H2,1-2H3. The monoisotopic (exact) mass is 252 g/mol. The zero-order chi connectivity index (χ0) is 12.6. The van der Waals surface area contributed by atoms with Crippen molar-refractivity contribution in [2.24, 2.45) is 0 Å². The lowest BCUT2D eigenvalue weighted by Crippen LogP contribution is -2.41. The van der Waals surface area contributed by atoms with Crippen molar-refractivity contribution in [1.82, 2.24) is 0 Å². The Morgan fingerprint density at radius 3 is 2.65 bits per heavy atom. The van der Waals surface area contributed by atoms with E-state index in [4.69, 9.17) is 16.3 Å². The Morgan fingerprint density at radius 1 is 1.41 bits per heavy atom. The van der Waals surface area contributed by atoms with Crippen LogP contribution in [0, 0.1) is 0 Å². The molecule has 0 saturated heterocycles. The van der Waals surface area contributed by atoms with Crippen molar-refractivity contribution in [2.75, 3.05) is 0 Å². The summed E-state index contributed by atoms with van der Waals surface area (Å²) in [6.45, 7) is 3.45. The van der Waals surface area contributed by atoms with Gasteiger partial charge >= 0.3 is 5.97 Å². The second-order valence-corrected chi connectivity index (χ2v) is 5.06. The van der Waals surface area contributed by atoms with E-state index >= 15 is 0 Å². The summed E-state index contributed by atoms with van der Waals surface area (Å²) in [4.78, 5) is 22.4. The van der Waals surface area contributed by atoms with Crippen LogP contribution in [0.25, 0.3) is 0 Å². The minimum atomic E-state index is -1.58. The van der Waals surface area contributed by atoms with E-state index in [0.29, 0.717) is 5.56 Å². The number of fused-ring (bicyclic) bond motifs is 1. The molecule has 0 bridgehead atoms. The first-order chi connectivity index (χ1) is 7.95. The number of alkyl halides is 1. The summed E-state index contributed by atoms with van der Waals surface area (Å²) in [7, 11) is 0. The minimum Gasteiger partial charge on any atom is -0.461 e. The van der Waals surface area contributed by atoms with Gasteiger partial charge in [0, 0.05) is 12.0 Å². The molecule has 0 fully saturated rings. The summed E-state index contributed by atoms with van der Waals surface area (Å²) in [5, 5.41) is 0. The van der Waals surface area contributed by atoms with Crippen molar-refractivity contribution >= 4 is 23.4 Å². The molecule has 2 rings (SSSR count). The van der Waals surface area contributed by atoms with Gasteiger partial charge in [-0.1, -0.05) is 35.9 Å². The van der Waals surface area contributed by atoms with Crippen molar-refractivity contribution in [2.45, 2.75) is 31.2 Å². The van der Waals surface area contributed by atoms with Crippen LogP contribution in [-0.4, -0.2) is 22.7 Å². The molecule has 1 aromatic carbocycles. The maximum absolute atomic E-state index is 12.1. The summed E-state index contributed by atoms with van der Waals surface area (Å²) in [6.07, 6.45) is -0.0793. The van der Waals surface area contributed by atoms with Crippen molar-refractivity contribution in [3.8, 4) is 0 Å². The van der Waals surface area contributed by atoms with Gasteiger partial charge in [0.15, 0.2) is 5.78 Å². The van der Waals surface area contributed by atoms with E-state index in [1.165, 1.54) is 0 Å². The van der Waals surface area contributed by atoms with Crippen molar-refractivity contribution in [3.05, 3.63) is 35.4 Å². The van der Waals surface area contributed by atoms with Crippen LogP contribution in [0.3, 0.4) is 0 Å². The second-order valence-electron chi connectivity index (χ2n) is 4.42. The number of carbonyl (C=O) groups excluding carboxylic acids is 2. The van der Waals surface area contributed by atoms with Gasteiger partial charge in [-0.3, -0.25) is 4.79 Å². The molecule has 1 aliphatic carbocycles. The Morgan fingerprint density at radius 2 is 2.06 bits per heavy atom. The quantitative estimate of drug-likeness (QED) is 0.461. The first-order valence-corrected chi connectivity index (χ1v) is 5.85. The van der Waals surface area contributed by atoms with Crippen LogP contribution < -0.4 is 0 Å². The third kappa shape index (κ3) is 1.95. The molecule has 90 valence electrons. The van der Waals surface area contributed by atoms with E-state index in [1.807, 2.05) is 6.07 Å². The summed E-state index contributed by atoms with van der Waals surface area (Å²) in [5.74, 6) is -1.02. The molecule has 1 aliphatic rings. The smallest absolute Gasteiger partial charge is 0.335 e. The van der Waals surface area contributed by atoms with Gasteiger partial charge < -0.3 is 4.74 Å². The highest BCUT2D eigenvalue weighted by Gasteiger charge is 2.51. The number of carbonyl (C=O) groups is 2. The number of ether oxygens (including phenoxy) is 1. The molecule has 0 aromatic heterocycles. The Balaban J connectivity index is 2.32. The molecule has 0 saturated carbocycles. The van der Waals surface area contributed by atoms with Crippen LogP contribution in [0.15, 0.2) is 24.3 Å². The lowest BCUT2D eigenvalue weighted by Gasteiger charge is -2.19. The Kier molecular flexibility index (Phi) is 2.96. The van der Waals surface area contributed by atoms with E-state index in [-0.39, 0.29) is 18.3 Å². The Hall–Kier alpha value is -1.35. The number of benzene rings is 1. The largest absolute Gasteiger partial charge is 0.461 e. The molecule has 1 unspecified atom stereocenters. The van der Waals surface area contributed by atoms with Gasteiger partial charge in [0.2, 0.25) is 4.87 Å². The van der Waals surface area contributed by atoms with E-state index in [1.54, 1.807) is 32.0 Å². The Labute approximate surface area is 105 Å². The van der Waals surface area contributed by atoms with Gasteiger partial charge in [-0.05, 0) is 19.4 Å². The van der Waals surface area contributed by atoms with E-state index < -0.39 is 10.8 Å². The molecular weight excluding hydrogens is 240 g/mol. The first kappa shape index (κ1) is 12.1. The molecule has 0 aliphatic heterocycles. The molecule has 0 radical (unpaired) electrons. The van der Waals surface area contributed by atoms with Gasteiger partial charge in [0.1, 0.15) is 0 Å². The van der Waals surface area contributed by atoms with E-state index in [0.717, 1.165) is 5.56 Å². The van der Waals surface area contributed by atoms with Crippen molar-refractivity contribution in [1.29, 1.82) is 0 Å². The second kappa shape index (κ2) is 4.15. The average Bonchev–Trinajstić information content (AvgIpc) is 2.52. The summed E-state index contributed by atoms with van der Waals surface area (Å²) in [6, 6.07) is 7.07. The zero-order valence-electron chi connectivity index (χ0n) is 9.70. The van der Waals surface area contributed by atoms with Crippen LogP contribution in [0.5, 0.6) is 0 Å². The van der Waals surface area contributed by atoms with Crippen LogP contribution >= 0.6 is 11.6 Å². The fourth-order valence-electron chi connectivity index (χ4n) is 1.92. The topological polar surface area (TPSA) is 43.4 Å². The van der Waals surface area contributed by atoms with Crippen molar-refractivity contribution < 1.29 is 14.3 Å². The van der Waals surface area contributed by atoms with Crippen LogP contribution in [0.1, 0.15) is 29.8 Å². The molecule has 4 heteroatoms. The number of hydrogen-bond acceptors (Lipinski definition) is 3. The molecule has 1 atom stereocenters. The number of ketones is 1. The Bertz CT molecular complexity index is 481. The number of hydrogen-bond donors (Lipinski definition) is 0. The molecule has 0 heterocycles. The summed E-state index contributed by atoms with van der Waals surface area (Å²) < 4.78 is 5.05. The molecule has 3 nitrogen and oxygen atoms in total. The highest BCUT2D eigenvalue weighted by Crippen LogP contribution is 2.36. The van der Waals surface area contributed by atoms with Crippen LogP contribution in [0.2, 0.25) is 0 Å². The van der Waals surface area contributed by atoms with Crippen LogP contribution in [0.4, 0.5) is 0 Å². The maximum Gasteiger partial charge on any atom is 0.335 e. The van der Waals surface area contributed by atoms with E-state index in [9.17, 15) is 9.59 Å². The predicted octanol–water partition coefficient (Wildman–Crippen LogP) is 2.35. The maximum atomic E-state index is 12.1. The van der Waals surface area contributed by atoms with Crippen molar-refractivity contribution in [3.63, 3.8) is 0 Å². The highest BCUT2D eigenvalue weighted by molar-refractivity contribution is 6.49. The van der Waals surface area contributed by atoms with Gasteiger partial charge in [0.25, 0.3) is 0 Å². The molecule has 17 heavy (non-hydrogen) atoms. The number of esters is 1.